The zero-order valence-electron chi connectivity index (χ0n) is 14.3. The number of anilines is 1. The molecule has 6 nitrogen and oxygen atoms in total. The van der Waals surface area contributed by atoms with Gasteiger partial charge in [0.1, 0.15) is 5.82 Å². The summed E-state index contributed by atoms with van der Waals surface area (Å²) in [5.41, 5.74) is 1.02. The second-order valence-electron chi connectivity index (χ2n) is 6.45. The summed E-state index contributed by atoms with van der Waals surface area (Å²) in [6, 6.07) is 4.12. The minimum absolute atomic E-state index is 0.0611. The molecule has 2 heterocycles. The lowest BCUT2D eigenvalue weighted by Crippen LogP contribution is -2.41. The number of hydrogen-bond acceptors (Lipinski definition) is 3. The van der Waals surface area contributed by atoms with Gasteiger partial charge >= 0.3 is 0 Å². The Labute approximate surface area is 146 Å². The molecule has 0 bridgehead atoms. The van der Waals surface area contributed by atoms with E-state index < -0.39 is 11.7 Å². The maximum Gasteiger partial charge on any atom is 0.230 e. The summed E-state index contributed by atoms with van der Waals surface area (Å²) in [7, 11) is 0. The third kappa shape index (κ3) is 3.65. The van der Waals surface area contributed by atoms with Crippen LogP contribution in [-0.4, -0.2) is 53.7 Å². The third-order valence-electron chi connectivity index (χ3n) is 4.82. The molecule has 134 valence electrons. The predicted molar refractivity (Wildman–Crippen MR) is 90.5 cm³/mol. The number of nitrogens with one attached hydrogen (secondary N) is 1. The van der Waals surface area contributed by atoms with Crippen LogP contribution in [0.2, 0.25) is 0 Å². The third-order valence-corrected chi connectivity index (χ3v) is 4.82. The van der Waals surface area contributed by atoms with Gasteiger partial charge in [0.15, 0.2) is 0 Å². The molecule has 25 heavy (non-hydrogen) atoms. The standard InChI is InChI=1S/C18H22FN3O3/c1-2-17(24)21-6-3-7-22(9-8-21)18(25)14-11-16(23)20-15-10-12(19)4-5-13(14)15/h4-5,10,14H,2-3,6-9,11H2,1H3,(H,20,23). The Balaban J connectivity index is 1.77. The Hall–Kier alpha value is -2.44. The highest BCUT2D eigenvalue weighted by molar-refractivity contribution is 6.01. The van der Waals surface area contributed by atoms with Crippen LogP contribution in [0.1, 0.15) is 37.7 Å². The van der Waals surface area contributed by atoms with Crippen LogP contribution in [0.4, 0.5) is 10.1 Å². The van der Waals surface area contributed by atoms with Crippen molar-refractivity contribution < 1.29 is 18.8 Å². The number of amides is 3. The van der Waals surface area contributed by atoms with Crippen molar-refractivity contribution in [3.8, 4) is 0 Å². The van der Waals surface area contributed by atoms with Gasteiger partial charge in [-0.05, 0) is 24.1 Å². The molecule has 0 aliphatic carbocycles. The lowest BCUT2D eigenvalue weighted by atomic mass is 9.89. The molecule has 1 N–H and O–H groups in total. The molecular formula is C18H22FN3O3. The molecule has 1 aromatic carbocycles. The second-order valence-corrected chi connectivity index (χ2v) is 6.45. The van der Waals surface area contributed by atoms with Gasteiger partial charge in [0.25, 0.3) is 0 Å². The first kappa shape index (κ1) is 17.4. The van der Waals surface area contributed by atoms with Crippen LogP contribution in [0.3, 0.4) is 0 Å². The molecule has 0 spiro atoms. The minimum Gasteiger partial charge on any atom is -0.341 e. The highest BCUT2D eigenvalue weighted by Crippen LogP contribution is 2.34. The van der Waals surface area contributed by atoms with Crippen molar-refractivity contribution in [2.75, 3.05) is 31.5 Å². The van der Waals surface area contributed by atoms with E-state index in [9.17, 15) is 18.8 Å². The van der Waals surface area contributed by atoms with Crippen molar-refractivity contribution in [2.24, 2.45) is 0 Å². The second kappa shape index (κ2) is 7.21. The molecular weight excluding hydrogens is 325 g/mol. The highest BCUT2D eigenvalue weighted by Gasteiger charge is 2.34. The molecule has 1 saturated heterocycles. The Bertz CT molecular complexity index is 707. The van der Waals surface area contributed by atoms with E-state index >= 15 is 0 Å². The molecule has 3 rings (SSSR count). The molecule has 1 unspecified atom stereocenters. The summed E-state index contributed by atoms with van der Waals surface area (Å²) < 4.78 is 13.4. The molecule has 0 aromatic heterocycles. The van der Waals surface area contributed by atoms with Gasteiger partial charge in [-0.15, -0.1) is 0 Å². The van der Waals surface area contributed by atoms with Gasteiger partial charge in [0.05, 0.1) is 5.92 Å². The van der Waals surface area contributed by atoms with Gasteiger partial charge in [-0.2, -0.15) is 0 Å². The van der Waals surface area contributed by atoms with Crippen LogP contribution in [0.5, 0.6) is 0 Å². The normalized spacial score (nSPS) is 20.6. The summed E-state index contributed by atoms with van der Waals surface area (Å²) in [6.45, 7) is 3.99. The van der Waals surface area contributed by atoms with Crippen LogP contribution in [0.15, 0.2) is 18.2 Å². The predicted octanol–water partition coefficient (Wildman–Crippen LogP) is 1.72. The Kier molecular flexibility index (Phi) is 5.01. The minimum atomic E-state index is -0.599. The van der Waals surface area contributed by atoms with E-state index in [4.69, 9.17) is 0 Å². The number of benzene rings is 1. The average molecular weight is 347 g/mol. The van der Waals surface area contributed by atoms with Crippen LogP contribution in [0, 0.1) is 5.82 Å². The molecule has 1 fully saturated rings. The molecule has 2 aliphatic heterocycles. The van der Waals surface area contributed by atoms with Crippen molar-refractivity contribution in [3.63, 3.8) is 0 Å². The van der Waals surface area contributed by atoms with Crippen molar-refractivity contribution in [1.82, 2.24) is 9.80 Å². The number of carbonyl (C=O) groups excluding carboxylic acids is 3. The lowest BCUT2D eigenvalue weighted by Gasteiger charge is -2.30. The largest absolute Gasteiger partial charge is 0.341 e. The quantitative estimate of drug-likeness (QED) is 0.886. The molecule has 2 aliphatic rings. The van der Waals surface area contributed by atoms with Crippen LogP contribution >= 0.6 is 0 Å². The van der Waals surface area contributed by atoms with E-state index in [1.165, 1.54) is 12.1 Å². The number of rotatable bonds is 2. The van der Waals surface area contributed by atoms with E-state index in [0.717, 1.165) is 0 Å². The Morgan fingerprint density at radius 2 is 1.92 bits per heavy atom. The fourth-order valence-corrected chi connectivity index (χ4v) is 3.49. The number of nitrogens with zero attached hydrogens (tertiary/aromatic N) is 2. The van der Waals surface area contributed by atoms with Crippen LogP contribution in [-0.2, 0) is 14.4 Å². The van der Waals surface area contributed by atoms with E-state index in [2.05, 4.69) is 5.32 Å². The first-order valence-corrected chi connectivity index (χ1v) is 8.65. The summed E-state index contributed by atoms with van der Waals surface area (Å²) in [4.78, 5) is 40.3. The fourth-order valence-electron chi connectivity index (χ4n) is 3.49. The van der Waals surface area contributed by atoms with E-state index in [0.29, 0.717) is 50.3 Å². The molecule has 3 amide bonds. The number of fused-ring (bicyclic) bond motifs is 1. The molecule has 0 radical (unpaired) electrons. The smallest absolute Gasteiger partial charge is 0.230 e. The molecule has 1 atom stereocenters. The fraction of sp³-hybridized carbons (Fsp3) is 0.500. The average Bonchev–Trinajstić information content (AvgIpc) is 2.85. The highest BCUT2D eigenvalue weighted by atomic mass is 19.1. The van der Waals surface area contributed by atoms with Crippen LogP contribution in [0.25, 0.3) is 0 Å². The number of hydrogen-bond donors (Lipinski definition) is 1. The molecule has 0 saturated carbocycles. The number of carbonyl (C=O) groups is 3. The summed E-state index contributed by atoms with van der Waals surface area (Å²) in [5.74, 6) is -1.37. The zero-order chi connectivity index (χ0) is 18.0. The van der Waals surface area contributed by atoms with Crippen molar-refractivity contribution >= 4 is 23.4 Å². The van der Waals surface area contributed by atoms with Gasteiger partial charge in [-0.1, -0.05) is 13.0 Å². The van der Waals surface area contributed by atoms with Crippen molar-refractivity contribution in [1.29, 1.82) is 0 Å². The van der Waals surface area contributed by atoms with E-state index in [1.807, 2.05) is 6.92 Å². The van der Waals surface area contributed by atoms with Gasteiger partial charge in [-0.25, -0.2) is 4.39 Å². The van der Waals surface area contributed by atoms with Crippen LogP contribution < -0.4 is 5.32 Å². The van der Waals surface area contributed by atoms with Gasteiger partial charge in [0.2, 0.25) is 17.7 Å². The van der Waals surface area contributed by atoms with Gasteiger partial charge in [0, 0.05) is 44.7 Å². The number of halogens is 1. The van der Waals surface area contributed by atoms with Crippen molar-refractivity contribution in [2.45, 2.75) is 32.1 Å². The molecule has 1 aromatic rings. The summed E-state index contributed by atoms with van der Waals surface area (Å²) in [5, 5.41) is 2.63. The Morgan fingerprint density at radius 1 is 1.20 bits per heavy atom. The van der Waals surface area contributed by atoms with E-state index in [-0.39, 0.29) is 24.1 Å². The summed E-state index contributed by atoms with van der Waals surface area (Å²) in [6.07, 6.45) is 1.23. The Morgan fingerprint density at radius 3 is 2.68 bits per heavy atom. The maximum absolute atomic E-state index is 13.4. The van der Waals surface area contributed by atoms with Gasteiger partial charge < -0.3 is 15.1 Å². The topological polar surface area (TPSA) is 69.7 Å². The van der Waals surface area contributed by atoms with E-state index in [1.54, 1.807) is 15.9 Å². The monoisotopic (exact) mass is 347 g/mol. The molecule has 7 heteroatoms. The van der Waals surface area contributed by atoms with Crippen molar-refractivity contribution in [3.05, 3.63) is 29.6 Å². The SMILES string of the molecule is CCC(=O)N1CCCN(C(=O)C2CC(=O)Nc3cc(F)ccc32)CC1. The maximum atomic E-state index is 13.4. The lowest BCUT2D eigenvalue weighted by molar-refractivity contribution is -0.135. The zero-order valence-corrected chi connectivity index (χ0v) is 14.3. The first-order chi connectivity index (χ1) is 12.0. The first-order valence-electron chi connectivity index (χ1n) is 8.65. The van der Waals surface area contributed by atoms with Gasteiger partial charge in [-0.3, -0.25) is 14.4 Å². The summed E-state index contributed by atoms with van der Waals surface area (Å²) >= 11 is 0.